The standard InChI is InChI=1S/C20H20N4O/c25-20(18-8-7-16-5-1-2-6-17(16)23-18)22-14-15-9-10-21-19(13-15)24-11-3-4-12-24/h1-2,5-10,13H,3-4,11-12,14H2,(H,22,25). The topological polar surface area (TPSA) is 58.1 Å². The van der Waals surface area contributed by atoms with Crippen molar-refractivity contribution in [2.45, 2.75) is 19.4 Å². The van der Waals surface area contributed by atoms with Crippen LogP contribution in [0.25, 0.3) is 10.9 Å². The van der Waals surface area contributed by atoms with Crippen molar-refractivity contribution in [3.8, 4) is 0 Å². The van der Waals surface area contributed by atoms with Gasteiger partial charge in [-0.05, 0) is 42.7 Å². The molecule has 0 spiro atoms. The molecule has 4 rings (SSSR count). The van der Waals surface area contributed by atoms with Gasteiger partial charge >= 0.3 is 0 Å². The SMILES string of the molecule is O=C(NCc1ccnc(N2CCCC2)c1)c1ccc2ccccc2n1. The first-order valence-corrected chi connectivity index (χ1v) is 8.63. The van der Waals surface area contributed by atoms with Crippen molar-refractivity contribution in [2.75, 3.05) is 18.0 Å². The van der Waals surface area contributed by atoms with Crippen molar-refractivity contribution < 1.29 is 4.79 Å². The number of carbonyl (C=O) groups excluding carboxylic acids is 1. The maximum Gasteiger partial charge on any atom is 0.270 e. The normalized spacial score (nSPS) is 14.0. The average molecular weight is 332 g/mol. The van der Waals surface area contributed by atoms with E-state index in [4.69, 9.17) is 0 Å². The lowest BCUT2D eigenvalue weighted by atomic mass is 10.2. The fraction of sp³-hybridized carbons (Fsp3) is 0.250. The molecule has 0 aliphatic carbocycles. The lowest BCUT2D eigenvalue weighted by Gasteiger charge is -2.17. The van der Waals surface area contributed by atoms with Crippen molar-refractivity contribution in [3.63, 3.8) is 0 Å². The third-order valence-electron chi connectivity index (χ3n) is 4.52. The summed E-state index contributed by atoms with van der Waals surface area (Å²) in [7, 11) is 0. The third kappa shape index (κ3) is 3.45. The molecular weight excluding hydrogens is 312 g/mol. The summed E-state index contributed by atoms with van der Waals surface area (Å²) in [5.74, 6) is 0.832. The number of hydrogen-bond donors (Lipinski definition) is 1. The Hall–Kier alpha value is -2.95. The summed E-state index contributed by atoms with van der Waals surface area (Å²) in [6.07, 6.45) is 4.25. The zero-order valence-corrected chi connectivity index (χ0v) is 14.0. The molecule has 1 N–H and O–H groups in total. The lowest BCUT2D eigenvalue weighted by molar-refractivity contribution is 0.0946. The molecule has 3 heterocycles. The van der Waals surface area contributed by atoms with Crippen LogP contribution in [0, 0.1) is 0 Å². The fourth-order valence-electron chi connectivity index (χ4n) is 3.16. The number of para-hydroxylation sites is 1. The highest BCUT2D eigenvalue weighted by atomic mass is 16.1. The molecule has 5 heteroatoms. The highest BCUT2D eigenvalue weighted by Crippen LogP contribution is 2.18. The molecule has 0 unspecified atom stereocenters. The summed E-state index contributed by atoms with van der Waals surface area (Å²) in [5.41, 5.74) is 2.31. The van der Waals surface area contributed by atoms with E-state index in [-0.39, 0.29) is 5.91 Å². The van der Waals surface area contributed by atoms with Crippen molar-refractivity contribution in [1.82, 2.24) is 15.3 Å². The van der Waals surface area contributed by atoms with Crippen molar-refractivity contribution >= 4 is 22.6 Å². The first-order chi connectivity index (χ1) is 12.3. The van der Waals surface area contributed by atoms with E-state index in [1.807, 2.05) is 42.6 Å². The third-order valence-corrected chi connectivity index (χ3v) is 4.52. The van der Waals surface area contributed by atoms with E-state index in [2.05, 4.69) is 26.3 Å². The molecule has 2 aromatic heterocycles. The maximum atomic E-state index is 12.4. The smallest absolute Gasteiger partial charge is 0.270 e. The van der Waals surface area contributed by atoms with Crippen molar-refractivity contribution in [3.05, 3.63) is 66.0 Å². The number of benzene rings is 1. The number of nitrogens with one attached hydrogen (secondary N) is 1. The Labute approximate surface area is 146 Å². The number of anilines is 1. The number of fused-ring (bicyclic) bond motifs is 1. The molecular formula is C20H20N4O. The molecule has 1 aromatic carbocycles. The summed E-state index contributed by atoms with van der Waals surface area (Å²) in [4.78, 5) is 23.6. The maximum absolute atomic E-state index is 12.4. The zero-order valence-electron chi connectivity index (χ0n) is 14.0. The van der Waals surface area contributed by atoms with Crippen LogP contribution in [0.5, 0.6) is 0 Å². The van der Waals surface area contributed by atoms with Crippen LogP contribution < -0.4 is 10.2 Å². The molecule has 1 aliphatic rings. The van der Waals surface area contributed by atoms with Crippen LogP contribution >= 0.6 is 0 Å². The fourth-order valence-corrected chi connectivity index (χ4v) is 3.16. The van der Waals surface area contributed by atoms with Crippen LogP contribution in [0.15, 0.2) is 54.7 Å². The monoisotopic (exact) mass is 332 g/mol. The Morgan fingerprint density at radius 2 is 1.92 bits per heavy atom. The average Bonchev–Trinajstić information content (AvgIpc) is 3.21. The van der Waals surface area contributed by atoms with Gasteiger partial charge in [0, 0.05) is 31.2 Å². The highest BCUT2D eigenvalue weighted by Gasteiger charge is 2.14. The van der Waals surface area contributed by atoms with E-state index in [9.17, 15) is 4.79 Å². The van der Waals surface area contributed by atoms with E-state index in [0.717, 1.165) is 35.4 Å². The molecule has 0 saturated carbocycles. The minimum Gasteiger partial charge on any atom is -0.357 e. The highest BCUT2D eigenvalue weighted by molar-refractivity contribution is 5.94. The lowest BCUT2D eigenvalue weighted by Crippen LogP contribution is -2.24. The van der Waals surface area contributed by atoms with Gasteiger partial charge in [0.15, 0.2) is 0 Å². The Morgan fingerprint density at radius 3 is 2.80 bits per heavy atom. The molecule has 0 radical (unpaired) electrons. The summed E-state index contributed by atoms with van der Waals surface area (Å²) in [5, 5.41) is 3.98. The number of nitrogens with zero attached hydrogens (tertiary/aromatic N) is 3. The predicted octanol–water partition coefficient (Wildman–Crippen LogP) is 3.16. The van der Waals surface area contributed by atoms with Gasteiger partial charge in [0.2, 0.25) is 0 Å². The van der Waals surface area contributed by atoms with Gasteiger partial charge in [-0.15, -0.1) is 0 Å². The van der Waals surface area contributed by atoms with E-state index >= 15 is 0 Å². The molecule has 1 saturated heterocycles. The van der Waals surface area contributed by atoms with E-state index in [1.165, 1.54) is 12.8 Å². The minimum atomic E-state index is -0.162. The minimum absolute atomic E-state index is 0.162. The van der Waals surface area contributed by atoms with E-state index < -0.39 is 0 Å². The van der Waals surface area contributed by atoms with Gasteiger partial charge in [0.05, 0.1) is 5.52 Å². The Kier molecular flexibility index (Phi) is 4.29. The largest absolute Gasteiger partial charge is 0.357 e. The summed E-state index contributed by atoms with van der Waals surface area (Å²) in [6, 6.07) is 15.5. The molecule has 0 atom stereocenters. The molecule has 3 aromatic rings. The van der Waals surface area contributed by atoms with Gasteiger partial charge in [-0.2, -0.15) is 0 Å². The number of pyridine rings is 2. The molecule has 1 fully saturated rings. The number of hydrogen-bond acceptors (Lipinski definition) is 4. The number of rotatable bonds is 4. The number of amides is 1. The number of aromatic nitrogens is 2. The first-order valence-electron chi connectivity index (χ1n) is 8.63. The molecule has 5 nitrogen and oxygen atoms in total. The number of carbonyl (C=O) groups is 1. The molecule has 1 aliphatic heterocycles. The Morgan fingerprint density at radius 1 is 1.08 bits per heavy atom. The zero-order chi connectivity index (χ0) is 17.1. The molecule has 126 valence electrons. The van der Waals surface area contributed by atoms with E-state index in [1.54, 1.807) is 6.07 Å². The quantitative estimate of drug-likeness (QED) is 0.797. The summed E-state index contributed by atoms with van der Waals surface area (Å²) < 4.78 is 0. The summed E-state index contributed by atoms with van der Waals surface area (Å²) >= 11 is 0. The van der Waals surface area contributed by atoms with Crippen LogP contribution in [0.1, 0.15) is 28.9 Å². The second-order valence-corrected chi connectivity index (χ2v) is 6.29. The van der Waals surface area contributed by atoms with Gasteiger partial charge < -0.3 is 10.2 Å². The molecule has 1 amide bonds. The first kappa shape index (κ1) is 15.6. The van der Waals surface area contributed by atoms with Gasteiger partial charge in [-0.25, -0.2) is 9.97 Å². The van der Waals surface area contributed by atoms with Crippen molar-refractivity contribution in [1.29, 1.82) is 0 Å². The summed E-state index contributed by atoms with van der Waals surface area (Å²) in [6.45, 7) is 2.59. The second kappa shape index (κ2) is 6.89. The van der Waals surface area contributed by atoms with Gasteiger partial charge in [-0.1, -0.05) is 24.3 Å². The molecule has 25 heavy (non-hydrogen) atoms. The van der Waals surface area contributed by atoms with Crippen LogP contribution in [0.3, 0.4) is 0 Å². The van der Waals surface area contributed by atoms with Crippen LogP contribution in [0.4, 0.5) is 5.82 Å². The van der Waals surface area contributed by atoms with Crippen LogP contribution in [-0.4, -0.2) is 29.0 Å². The van der Waals surface area contributed by atoms with Gasteiger partial charge in [-0.3, -0.25) is 4.79 Å². The van der Waals surface area contributed by atoms with Gasteiger partial charge in [0.25, 0.3) is 5.91 Å². The Bertz CT molecular complexity index is 903. The second-order valence-electron chi connectivity index (χ2n) is 6.29. The molecule has 0 bridgehead atoms. The Balaban J connectivity index is 1.45. The van der Waals surface area contributed by atoms with Crippen LogP contribution in [0.2, 0.25) is 0 Å². The van der Waals surface area contributed by atoms with E-state index in [0.29, 0.717) is 12.2 Å². The van der Waals surface area contributed by atoms with Crippen LogP contribution in [-0.2, 0) is 6.54 Å². The predicted molar refractivity (Wildman–Crippen MR) is 98.6 cm³/mol. The van der Waals surface area contributed by atoms with Gasteiger partial charge in [0.1, 0.15) is 11.5 Å². The van der Waals surface area contributed by atoms with Crippen molar-refractivity contribution in [2.24, 2.45) is 0 Å².